The summed E-state index contributed by atoms with van der Waals surface area (Å²) in [4.78, 5) is 8.08. The molecule has 0 atom stereocenters. The van der Waals surface area contributed by atoms with Crippen LogP contribution in [-0.4, -0.2) is 31.6 Å². The first-order valence-electron chi connectivity index (χ1n) is 2.65. The van der Waals surface area contributed by atoms with Crippen LogP contribution in [-0.2, 0) is 53.4 Å². The molecule has 8 heteroatoms. The largest absolute Gasteiger partial charge is 0 e. The molecule has 0 spiro atoms. The van der Waals surface area contributed by atoms with E-state index in [1.807, 2.05) is 0 Å². The van der Waals surface area contributed by atoms with Gasteiger partial charge < -0.3 is 9.46 Å². The van der Waals surface area contributed by atoms with Crippen molar-refractivity contribution in [1.82, 2.24) is 0 Å². The number of hydrogen-bond donors (Lipinski definition) is 1. The Morgan fingerprint density at radius 2 is 1.25 bits per heavy atom. The molecular weight excluding hydrogens is 542 g/mol. The van der Waals surface area contributed by atoms with Gasteiger partial charge in [0.25, 0.3) is 0 Å². The molecule has 0 radical (unpaired) electrons. The van der Waals surface area contributed by atoms with Crippen LogP contribution in [0.15, 0.2) is 0 Å². The molecule has 0 aromatic rings. The van der Waals surface area contributed by atoms with Crippen molar-refractivity contribution in [2.75, 3.05) is 26.7 Å². The predicted octanol–water partition coefficient (Wildman–Crippen LogP) is 1.20. The molecule has 0 fully saturated rings. The second kappa shape index (κ2) is 15.1. The average molecular weight is 556 g/mol. The third-order valence-electron chi connectivity index (χ3n) is 0. The van der Waals surface area contributed by atoms with Crippen molar-refractivity contribution in [2.45, 2.75) is 0 Å². The normalized spacial score (nSPS) is 8.17. The molecule has 0 rings (SSSR count). The summed E-state index contributed by atoms with van der Waals surface area (Å²) in [5.74, 6) is 0. The van der Waals surface area contributed by atoms with Crippen LogP contribution >= 0.6 is 15.2 Å². The Hall–Kier alpha value is 1.60. The van der Waals surface area contributed by atoms with Gasteiger partial charge in [0, 0.05) is 34.4 Å². The Morgan fingerprint density at radius 3 is 1.25 bits per heavy atom. The van der Waals surface area contributed by atoms with Crippen molar-refractivity contribution in [3.63, 3.8) is 0 Å². The summed E-state index contributed by atoms with van der Waals surface area (Å²) in [6, 6.07) is 0. The maximum absolute atomic E-state index is 9.77. The standard InChI is InChI=1S/C2H7O2P.C2H7OP.O.2W/c1-5(2,3)4;1-4(2)3;;;/h1-2H3,(H,3,4);4H,1-2H3;;;. The molecule has 0 aromatic heterocycles. The molecular formula is C4H14O4P2W2. The molecule has 0 aliphatic heterocycles. The quantitative estimate of drug-likeness (QED) is 0.456. The number of hydrogen-bond acceptors (Lipinski definition) is 3. The van der Waals surface area contributed by atoms with Gasteiger partial charge in [-0.2, -0.15) is 0 Å². The third-order valence-corrected chi connectivity index (χ3v) is 0. The summed E-state index contributed by atoms with van der Waals surface area (Å²) in [5.41, 5.74) is 0. The topological polar surface area (TPSA) is 71.4 Å². The zero-order valence-electron chi connectivity index (χ0n) is 7.44. The second-order valence-electron chi connectivity index (χ2n) is 2.20. The van der Waals surface area contributed by atoms with Crippen molar-refractivity contribution in [3.05, 3.63) is 0 Å². The van der Waals surface area contributed by atoms with Crippen LogP contribution in [0.25, 0.3) is 0 Å². The summed E-state index contributed by atoms with van der Waals surface area (Å²) in [6.45, 7) is 6.02. The van der Waals surface area contributed by atoms with Crippen LogP contribution in [0.5, 0.6) is 0 Å². The molecule has 0 saturated carbocycles. The monoisotopic (exact) mass is 556 g/mol. The summed E-state index contributed by atoms with van der Waals surface area (Å²) in [7, 11) is -3.77. The van der Waals surface area contributed by atoms with E-state index in [1.165, 1.54) is 13.3 Å². The van der Waals surface area contributed by atoms with Gasteiger partial charge >= 0.3 is 23.2 Å². The van der Waals surface area contributed by atoms with Gasteiger partial charge in [0.2, 0.25) is 0 Å². The second-order valence-corrected chi connectivity index (χ2v) is 6.61. The zero-order valence-corrected chi connectivity index (χ0v) is 15.2. The third kappa shape index (κ3) is 511. The van der Waals surface area contributed by atoms with Gasteiger partial charge in [0.05, 0.1) is 7.80 Å². The van der Waals surface area contributed by atoms with Gasteiger partial charge in [-0.3, -0.25) is 4.57 Å². The summed E-state index contributed by atoms with van der Waals surface area (Å²) >= 11 is 0.333. The molecule has 0 bridgehead atoms. The van der Waals surface area contributed by atoms with E-state index in [2.05, 4.69) is 0 Å². The Morgan fingerprint density at radius 1 is 1.25 bits per heavy atom. The molecule has 0 saturated heterocycles. The van der Waals surface area contributed by atoms with Gasteiger partial charge in [-0.05, 0) is 13.3 Å². The Balaban J connectivity index is -0.0000000419. The van der Waals surface area contributed by atoms with Crippen molar-refractivity contribution < 1.29 is 58.3 Å². The Bertz CT molecular complexity index is 134. The minimum absolute atomic E-state index is 0. The van der Waals surface area contributed by atoms with E-state index in [4.69, 9.17) is 8.29 Å². The van der Waals surface area contributed by atoms with Crippen LogP contribution in [0.3, 0.4) is 0 Å². The smallest absolute Gasteiger partial charge is 0 e. The molecule has 0 heterocycles. The first-order valence-corrected chi connectivity index (χ1v) is 8.81. The van der Waals surface area contributed by atoms with Crippen LogP contribution in [0.1, 0.15) is 0 Å². The average Bonchev–Trinajstić information content (AvgIpc) is 1.63. The van der Waals surface area contributed by atoms with Gasteiger partial charge in [0.15, 0.2) is 7.37 Å². The van der Waals surface area contributed by atoms with E-state index >= 15 is 0 Å². The van der Waals surface area contributed by atoms with E-state index in [0.717, 1.165) is 0 Å². The molecule has 76 valence electrons. The molecule has 1 N–H and O–H groups in total. The summed E-state index contributed by atoms with van der Waals surface area (Å²) in [5, 5.41) is 0. The minimum atomic E-state index is -2.64. The van der Waals surface area contributed by atoms with E-state index in [-0.39, 0.29) is 21.1 Å². The Labute approximate surface area is 99.6 Å². The maximum atomic E-state index is 9.77. The van der Waals surface area contributed by atoms with Gasteiger partial charge in [-0.15, -0.1) is 0 Å². The summed E-state index contributed by atoms with van der Waals surface area (Å²) in [6.07, 6.45) is 0. The fourth-order valence-corrected chi connectivity index (χ4v) is 0. The van der Waals surface area contributed by atoms with E-state index in [1.54, 1.807) is 13.3 Å². The first-order chi connectivity index (χ1) is 4.73. The van der Waals surface area contributed by atoms with E-state index < -0.39 is 15.2 Å². The molecule has 0 aliphatic carbocycles. The van der Waals surface area contributed by atoms with Crippen LogP contribution in [0.2, 0.25) is 0 Å². The van der Waals surface area contributed by atoms with E-state index in [9.17, 15) is 9.13 Å². The van der Waals surface area contributed by atoms with Crippen LogP contribution in [0, 0.1) is 0 Å². The first kappa shape index (κ1) is 23.4. The maximum Gasteiger partial charge on any atom is 0 e. The SMILES string of the molecule is CP(C)(=O)O.C[PH](C)=O.[O]=[W].[W]. The molecule has 0 aromatic carbocycles. The fraction of sp³-hybridized carbons (Fsp3) is 1.00. The van der Waals surface area contributed by atoms with Crippen molar-refractivity contribution in [1.29, 1.82) is 0 Å². The zero-order chi connectivity index (χ0) is 10.1. The minimum Gasteiger partial charge on any atom is 0 e. The Kier molecular flexibility index (Phi) is 29.5. The van der Waals surface area contributed by atoms with Gasteiger partial charge in [-0.25, -0.2) is 0 Å². The van der Waals surface area contributed by atoms with Gasteiger partial charge in [0.1, 0.15) is 0 Å². The molecule has 0 unspecified atom stereocenters. The van der Waals surface area contributed by atoms with E-state index in [0.29, 0.717) is 19.8 Å². The van der Waals surface area contributed by atoms with Crippen molar-refractivity contribution in [3.8, 4) is 0 Å². The predicted molar refractivity (Wildman–Crippen MR) is 43.2 cm³/mol. The van der Waals surface area contributed by atoms with Crippen molar-refractivity contribution >= 4 is 15.2 Å². The van der Waals surface area contributed by atoms with Crippen molar-refractivity contribution in [2.24, 2.45) is 0 Å². The molecule has 4 nitrogen and oxygen atoms in total. The van der Waals surface area contributed by atoms with Crippen LogP contribution in [0.4, 0.5) is 0 Å². The molecule has 12 heavy (non-hydrogen) atoms. The van der Waals surface area contributed by atoms with Crippen LogP contribution < -0.4 is 0 Å². The van der Waals surface area contributed by atoms with Gasteiger partial charge in [-0.1, -0.05) is 0 Å². The molecule has 0 amide bonds. The fourth-order valence-electron chi connectivity index (χ4n) is 0. The number of rotatable bonds is 0. The summed E-state index contributed by atoms with van der Waals surface area (Å²) < 4.78 is 27.7. The molecule has 0 aliphatic rings.